The standard InChI is InChI=1S/C17H19N3O/c1-4-17(2,3)13-11-12(9-10-16(13)21)20-18-14-7-5-6-8-15(14)19-20/h5-11,21H,4H2,1-3H3. The Kier molecular flexibility index (Phi) is 3.16. The van der Waals surface area contributed by atoms with Crippen LogP contribution in [0.2, 0.25) is 0 Å². The van der Waals surface area contributed by atoms with Crippen molar-refractivity contribution in [2.24, 2.45) is 0 Å². The van der Waals surface area contributed by atoms with E-state index in [-0.39, 0.29) is 5.41 Å². The van der Waals surface area contributed by atoms with Crippen LogP contribution in [0.15, 0.2) is 42.5 Å². The second-order valence-corrected chi connectivity index (χ2v) is 5.92. The number of phenolic OH excluding ortho intramolecular Hbond substituents is 1. The molecule has 4 heteroatoms. The second kappa shape index (κ2) is 4.88. The van der Waals surface area contributed by atoms with E-state index in [0.717, 1.165) is 28.7 Å². The number of rotatable bonds is 3. The molecule has 2 aromatic carbocycles. The topological polar surface area (TPSA) is 50.9 Å². The molecule has 3 aromatic rings. The van der Waals surface area contributed by atoms with Gasteiger partial charge in [-0.25, -0.2) is 0 Å². The first-order chi connectivity index (χ1) is 10.0. The molecule has 0 fully saturated rings. The van der Waals surface area contributed by atoms with Crippen LogP contribution in [0.3, 0.4) is 0 Å². The molecular formula is C17H19N3O. The first-order valence-electron chi connectivity index (χ1n) is 7.17. The van der Waals surface area contributed by atoms with Gasteiger partial charge in [-0.2, -0.15) is 4.80 Å². The van der Waals surface area contributed by atoms with Gasteiger partial charge in [-0.05, 0) is 42.2 Å². The van der Waals surface area contributed by atoms with Crippen LogP contribution in [0, 0.1) is 0 Å². The minimum absolute atomic E-state index is 0.0906. The number of aromatic hydroxyl groups is 1. The van der Waals surface area contributed by atoms with Gasteiger partial charge in [0.15, 0.2) is 0 Å². The maximum atomic E-state index is 10.1. The summed E-state index contributed by atoms with van der Waals surface area (Å²) in [4.78, 5) is 1.62. The Morgan fingerprint density at radius 3 is 2.24 bits per heavy atom. The molecule has 1 heterocycles. The maximum absolute atomic E-state index is 10.1. The van der Waals surface area contributed by atoms with Crippen molar-refractivity contribution in [3.63, 3.8) is 0 Å². The summed E-state index contributed by atoms with van der Waals surface area (Å²) < 4.78 is 0. The number of hydrogen-bond acceptors (Lipinski definition) is 3. The lowest BCUT2D eigenvalue weighted by atomic mass is 9.81. The van der Waals surface area contributed by atoms with Gasteiger partial charge in [0.2, 0.25) is 0 Å². The fourth-order valence-electron chi connectivity index (χ4n) is 2.36. The SMILES string of the molecule is CCC(C)(C)c1cc(-n2nc3ccccc3n2)ccc1O. The normalized spacial score (nSPS) is 12.0. The lowest BCUT2D eigenvalue weighted by molar-refractivity contribution is 0.428. The monoisotopic (exact) mass is 281 g/mol. The van der Waals surface area contributed by atoms with Crippen molar-refractivity contribution in [1.29, 1.82) is 0 Å². The van der Waals surface area contributed by atoms with Crippen LogP contribution in [0.25, 0.3) is 16.7 Å². The van der Waals surface area contributed by atoms with Crippen LogP contribution in [0.5, 0.6) is 5.75 Å². The molecule has 0 bridgehead atoms. The Morgan fingerprint density at radius 2 is 1.67 bits per heavy atom. The summed E-state index contributed by atoms with van der Waals surface area (Å²) in [5.74, 6) is 0.322. The molecule has 0 saturated heterocycles. The number of benzene rings is 2. The van der Waals surface area contributed by atoms with Crippen LogP contribution < -0.4 is 0 Å². The van der Waals surface area contributed by atoms with Gasteiger partial charge >= 0.3 is 0 Å². The molecule has 1 aromatic heterocycles. The molecule has 0 atom stereocenters. The molecular weight excluding hydrogens is 262 g/mol. The third-order valence-electron chi connectivity index (χ3n) is 4.11. The Labute approximate surface area is 124 Å². The van der Waals surface area contributed by atoms with Gasteiger partial charge < -0.3 is 5.11 Å². The van der Waals surface area contributed by atoms with E-state index < -0.39 is 0 Å². The fraction of sp³-hybridized carbons (Fsp3) is 0.294. The van der Waals surface area contributed by atoms with Gasteiger partial charge in [-0.15, -0.1) is 10.2 Å². The lowest BCUT2D eigenvalue weighted by Gasteiger charge is -2.24. The van der Waals surface area contributed by atoms with Crippen molar-refractivity contribution in [2.75, 3.05) is 0 Å². The van der Waals surface area contributed by atoms with Crippen molar-refractivity contribution < 1.29 is 5.11 Å². The molecule has 0 aliphatic rings. The molecule has 0 unspecified atom stereocenters. The summed E-state index contributed by atoms with van der Waals surface area (Å²) in [6, 6.07) is 13.3. The molecule has 0 radical (unpaired) electrons. The molecule has 0 aliphatic carbocycles. The summed E-state index contributed by atoms with van der Waals surface area (Å²) in [6.45, 7) is 6.37. The van der Waals surface area contributed by atoms with E-state index in [0.29, 0.717) is 5.75 Å². The highest BCUT2D eigenvalue weighted by molar-refractivity contribution is 5.73. The fourth-order valence-corrected chi connectivity index (χ4v) is 2.36. The molecule has 0 saturated carbocycles. The largest absolute Gasteiger partial charge is 0.508 e. The van der Waals surface area contributed by atoms with Crippen LogP contribution in [0.1, 0.15) is 32.8 Å². The third-order valence-corrected chi connectivity index (χ3v) is 4.11. The van der Waals surface area contributed by atoms with Gasteiger partial charge in [0.05, 0.1) is 5.69 Å². The summed E-state index contributed by atoms with van der Waals surface area (Å²) in [5.41, 5.74) is 3.42. The minimum atomic E-state index is -0.0906. The van der Waals surface area contributed by atoms with E-state index in [1.54, 1.807) is 10.9 Å². The molecule has 0 spiro atoms. The van der Waals surface area contributed by atoms with E-state index in [9.17, 15) is 5.11 Å². The number of aromatic nitrogens is 3. The van der Waals surface area contributed by atoms with Crippen LogP contribution in [-0.4, -0.2) is 20.1 Å². The van der Waals surface area contributed by atoms with E-state index in [4.69, 9.17) is 0 Å². The third kappa shape index (κ3) is 2.37. The Hall–Kier alpha value is -2.36. The number of nitrogens with zero attached hydrogens (tertiary/aromatic N) is 3. The van der Waals surface area contributed by atoms with E-state index in [1.165, 1.54) is 0 Å². The van der Waals surface area contributed by atoms with E-state index in [1.807, 2.05) is 36.4 Å². The maximum Gasteiger partial charge on any atom is 0.119 e. The Morgan fingerprint density at radius 1 is 1.05 bits per heavy atom. The zero-order valence-corrected chi connectivity index (χ0v) is 12.5. The lowest BCUT2D eigenvalue weighted by Crippen LogP contribution is -2.16. The number of phenols is 1. The average Bonchev–Trinajstić information content (AvgIpc) is 2.91. The van der Waals surface area contributed by atoms with E-state index in [2.05, 4.69) is 31.0 Å². The smallest absolute Gasteiger partial charge is 0.119 e. The first kappa shape index (κ1) is 13.6. The van der Waals surface area contributed by atoms with Crippen molar-refractivity contribution in [1.82, 2.24) is 15.0 Å². The summed E-state index contributed by atoms with van der Waals surface area (Å²) in [7, 11) is 0. The van der Waals surface area contributed by atoms with Gasteiger partial charge in [0.1, 0.15) is 16.8 Å². The molecule has 21 heavy (non-hydrogen) atoms. The first-order valence-corrected chi connectivity index (χ1v) is 7.17. The van der Waals surface area contributed by atoms with Crippen molar-refractivity contribution in [3.8, 4) is 11.4 Å². The van der Waals surface area contributed by atoms with Crippen molar-refractivity contribution in [3.05, 3.63) is 48.0 Å². The summed E-state index contributed by atoms with van der Waals surface area (Å²) in [5, 5.41) is 19.1. The van der Waals surface area contributed by atoms with Crippen LogP contribution >= 0.6 is 0 Å². The number of fused-ring (bicyclic) bond motifs is 1. The average molecular weight is 281 g/mol. The predicted molar refractivity (Wildman–Crippen MR) is 83.8 cm³/mol. The molecule has 3 rings (SSSR count). The van der Waals surface area contributed by atoms with Crippen LogP contribution in [-0.2, 0) is 5.41 Å². The highest BCUT2D eigenvalue weighted by atomic mass is 16.3. The van der Waals surface area contributed by atoms with Crippen LogP contribution in [0.4, 0.5) is 0 Å². The van der Waals surface area contributed by atoms with Gasteiger partial charge in [0, 0.05) is 5.56 Å². The quantitative estimate of drug-likeness (QED) is 0.794. The second-order valence-electron chi connectivity index (χ2n) is 5.92. The number of hydrogen-bond donors (Lipinski definition) is 1. The summed E-state index contributed by atoms with van der Waals surface area (Å²) in [6.07, 6.45) is 0.943. The summed E-state index contributed by atoms with van der Waals surface area (Å²) >= 11 is 0. The molecule has 4 nitrogen and oxygen atoms in total. The Balaban J connectivity index is 2.12. The molecule has 108 valence electrons. The van der Waals surface area contributed by atoms with Crippen molar-refractivity contribution >= 4 is 11.0 Å². The minimum Gasteiger partial charge on any atom is -0.508 e. The zero-order chi connectivity index (χ0) is 15.0. The van der Waals surface area contributed by atoms with Crippen molar-refractivity contribution in [2.45, 2.75) is 32.6 Å². The van der Waals surface area contributed by atoms with Gasteiger partial charge in [0.25, 0.3) is 0 Å². The highest BCUT2D eigenvalue weighted by Crippen LogP contribution is 2.34. The zero-order valence-electron chi connectivity index (χ0n) is 12.5. The Bertz CT molecular complexity index is 757. The van der Waals surface area contributed by atoms with Gasteiger partial charge in [-0.1, -0.05) is 32.9 Å². The highest BCUT2D eigenvalue weighted by Gasteiger charge is 2.22. The van der Waals surface area contributed by atoms with E-state index >= 15 is 0 Å². The van der Waals surface area contributed by atoms with Gasteiger partial charge in [-0.3, -0.25) is 0 Å². The molecule has 0 aliphatic heterocycles. The molecule has 0 amide bonds. The molecule has 1 N–H and O–H groups in total. The predicted octanol–water partition coefficient (Wildman–Crippen LogP) is 3.81.